The molecule has 0 aromatic heterocycles. The number of amides is 3. The number of carbonyl (C=O) groups is 2. The van der Waals surface area contributed by atoms with Crippen LogP contribution in [-0.2, 0) is 17.8 Å². The predicted molar refractivity (Wildman–Crippen MR) is 91.8 cm³/mol. The number of hydrogen-bond acceptors (Lipinski definition) is 2. The van der Waals surface area contributed by atoms with Crippen LogP contribution in [-0.4, -0.2) is 47.4 Å². The van der Waals surface area contributed by atoms with Crippen LogP contribution in [0.4, 0.5) is 4.79 Å². The lowest BCUT2D eigenvalue weighted by atomic mass is 10.0. The van der Waals surface area contributed by atoms with E-state index >= 15 is 0 Å². The van der Waals surface area contributed by atoms with Gasteiger partial charge >= 0.3 is 6.03 Å². The molecule has 3 aliphatic rings. The molecule has 2 fully saturated rings. The molecule has 1 aromatic carbocycles. The van der Waals surface area contributed by atoms with Gasteiger partial charge in [0.25, 0.3) is 0 Å². The Morgan fingerprint density at radius 1 is 1.29 bits per heavy atom. The van der Waals surface area contributed by atoms with Gasteiger partial charge in [0.1, 0.15) is 0 Å². The number of likely N-dealkylation sites (tertiary alicyclic amines) is 1. The van der Waals surface area contributed by atoms with Gasteiger partial charge < -0.3 is 15.1 Å². The van der Waals surface area contributed by atoms with Gasteiger partial charge in [-0.1, -0.05) is 17.7 Å². The van der Waals surface area contributed by atoms with Crippen LogP contribution in [0.1, 0.15) is 30.4 Å². The van der Waals surface area contributed by atoms with Crippen molar-refractivity contribution in [2.75, 3.05) is 19.6 Å². The summed E-state index contributed by atoms with van der Waals surface area (Å²) in [7, 11) is 0. The Kier molecular flexibility index (Phi) is 4.12. The Hall–Kier alpha value is -1.75. The third kappa shape index (κ3) is 3.22. The number of urea groups is 1. The number of fused-ring (bicyclic) bond motifs is 1. The number of benzene rings is 1. The zero-order valence-electron chi connectivity index (χ0n) is 13.6. The number of rotatable bonds is 3. The number of carbonyl (C=O) groups excluding carboxylic acids is 2. The quantitative estimate of drug-likeness (QED) is 0.913. The molecule has 2 aliphatic heterocycles. The Bertz CT molecular complexity index is 674. The molecular formula is C18H22ClN3O2. The molecule has 0 bridgehead atoms. The number of halogens is 1. The minimum atomic E-state index is -0.0343. The molecule has 1 aliphatic carbocycles. The number of nitrogens with zero attached hydrogens (tertiary/aromatic N) is 2. The Labute approximate surface area is 146 Å². The van der Waals surface area contributed by atoms with E-state index in [2.05, 4.69) is 5.32 Å². The first kappa shape index (κ1) is 15.8. The Morgan fingerprint density at radius 2 is 2.12 bits per heavy atom. The average molecular weight is 348 g/mol. The summed E-state index contributed by atoms with van der Waals surface area (Å²) in [6.45, 7) is 2.70. The largest absolute Gasteiger partial charge is 0.339 e. The third-order valence-electron chi connectivity index (χ3n) is 5.24. The molecule has 2 heterocycles. The molecule has 0 radical (unpaired) electrons. The van der Waals surface area contributed by atoms with Gasteiger partial charge in [0.05, 0.1) is 0 Å². The second-order valence-electron chi connectivity index (χ2n) is 7.12. The molecule has 6 heteroatoms. The molecule has 1 atom stereocenters. The number of hydrogen-bond donors (Lipinski definition) is 1. The molecule has 4 rings (SSSR count). The molecule has 1 N–H and O–H groups in total. The van der Waals surface area contributed by atoms with Gasteiger partial charge in [-0.2, -0.15) is 0 Å². The second kappa shape index (κ2) is 6.28. The van der Waals surface area contributed by atoms with E-state index < -0.39 is 0 Å². The topological polar surface area (TPSA) is 52.7 Å². The van der Waals surface area contributed by atoms with Crippen LogP contribution in [0, 0.1) is 5.92 Å². The fraction of sp³-hybridized carbons (Fsp3) is 0.556. The van der Waals surface area contributed by atoms with Crippen molar-refractivity contribution in [3.63, 3.8) is 0 Å². The zero-order valence-corrected chi connectivity index (χ0v) is 14.4. The van der Waals surface area contributed by atoms with Gasteiger partial charge in [0.15, 0.2) is 0 Å². The van der Waals surface area contributed by atoms with E-state index in [1.807, 2.05) is 28.0 Å². The highest BCUT2D eigenvalue weighted by Gasteiger charge is 2.39. The van der Waals surface area contributed by atoms with Crippen molar-refractivity contribution in [3.8, 4) is 0 Å². The van der Waals surface area contributed by atoms with Crippen LogP contribution in [0.15, 0.2) is 18.2 Å². The Balaban J connectivity index is 1.29. The van der Waals surface area contributed by atoms with E-state index in [0.717, 1.165) is 36.4 Å². The number of nitrogens with one attached hydrogen (secondary N) is 1. The second-order valence-corrected chi connectivity index (χ2v) is 7.55. The molecule has 0 unspecified atom stereocenters. The van der Waals surface area contributed by atoms with Gasteiger partial charge in [0, 0.05) is 49.6 Å². The lowest BCUT2D eigenvalue weighted by Gasteiger charge is -2.29. The van der Waals surface area contributed by atoms with Crippen LogP contribution in [0.3, 0.4) is 0 Å². The van der Waals surface area contributed by atoms with Gasteiger partial charge in [-0.3, -0.25) is 4.79 Å². The molecule has 1 aromatic rings. The molecular weight excluding hydrogens is 326 g/mol. The van der Waals surface area contributed by atoms with Crippen molar-refractivity contribution in [1.82, 2.24) is 15.1 Å². The maximum absolute atomic E-state index is 12.4. The highest BCUT2D eigenvalue weighted by atomic mass is 35.5. The van der Waals surface area contributed by atoms with Gasteiger partial charge in [-0.05, 0) is 42.5 Å². The van der Waals surface area contributed by atoms with Crippen LogP contribution < -0.4 is 5.32 Å². The summed E-state index contributed by atoms with van der Waals surface area (Å²) in [6, 6.07) is 6.30. The molecule has 1 saturated carbocycles. The summed E-state index contributed by atoms with van der Waals surface area (Å²) in [6.07, 6.45) is 3.68. The van der Waals surface area contributed by atoms with E-state index in [1.54, 1.807) is 0 Å². The highest BCUT2D eigenvalue weighted by molar-refractivity contribution is 6.30. The van der Waals surface area contributed by atoms with E-state index in [0.29, 0.717) is 32.1 Å². The summed E-state index contributed by atoms with van der Waals surface area (Å²) in [5.74, 6) is 0.499. The smallest absolute Gasteiger partial charge is 0.317 e. The maximum atomic E-state index is 12.4. The van der Waals surface area contributed by atoms with Crippen LogP contribution >= 0.6 is 11.6 Å². The zero-order chi connectivity index (χ0) is 16.7. The fourth-order valence-corrected chi connectivity index (χ4v) is 3.92. The van der Waals surface area contributed by atoms with Gasteiger partial charge in [-0.15, -0.1) is 0 Å². The minimum Gasteiger partial charge on any atom is -0.339 e. The highest BCUT2D eigenvalue weighted by Crippen LogP contribution is 2.32. The first-order valence-electron chi connectivity index (χ1n) is 8.69. The molecule has 3 amide bonds. The predicted octanol–water partition coefficient (Wildman–Crippen LogP) is 2.42. The van der Waals surface area contributed by atoms with Crippen molar-refractivity contribution in [2.24, 2.45) is 5.92 Å². The molecule has 1 saturated heterocycles. The lowest BCUT2D eigenvalue weighted by molar-refractivity contribution is -0.128. The van der Waals surface area contributed by atoms with Crippen LogP contribution in [0.25, 0.3) is 0 Å². The fourth-order valence-electron chi connectivity index (χ4n) is 3.72. The normalized spacial score (nSPS) is 23.4. The van der Waals surface area contributed by atoms with Crippen LogP contribution in [0.5, 0.6) is 0 Å². The summed E-state index contributed by atoms with van der Waals surface area (Å²) in [4.78, 5) is 28.2. The SMILES string of the molecule is O=C(NC[C@@H]1CC(=O)N(C2CC2)C1)N1CCc2cc(Cl)ccc2C1. The standard InChI is InChI=1S/C18H22ClN3O2/c19-15-2-1-14-11-21(6-5-13(14)8-15)18(24)20-9-12-7-17(23)22(10-12)16-3-4-16/h1-2,8,12,16H,3-7,9-11H2,(H,20,24)/t12-/m0/s1. The average Bonchev–Trinajstić information content (AvgIpc) is 3.35. The third-order valence-corrected chi connectivity index (χ3v) is 5.47. The monoisotopic (exact) mass is 347 g/mol. The Morgan fingerprint density at radius 3 is 2.92 bits per heavy atom. The summed E-state index contributed by atoms with van der Waals surface area (Å²) in [5.41, 5.74) is 2.39. The van der Waals surface area contributed by atoms with Crippen molar-refractivity contribution in [2.45, 2.75) is 38.3 Å². The van der Waals surface area contributed by atoms with Crippen LogP contribution in [0.2, 0.25) is 5.02 Å². The summed E-state index contributed by atoms with van der Waals surface area (Å²) < 4.78 is 0. The maximum Gasteiger partial charge on any atom is 0.317 e. The molecule has 5 nitrogen and oxygen atoms in total. The van der Waals surface area contributed by atoms with Crippen molar-refractivity contribution in [1.29, 1.82) is 0 Å². The first-order chi connectivity index (χ1) is 11.6. The van der Waals surface area contributed by atoms with Crippen molar-refractivity contribution < 1.29 is 9.59 Å². The lowest BCUT2D eigenvalue weighted by Crippen LogP contribution is -2.44. The van der Waals surface area contributed by atoms with E-state index in [4.69, 9.17) is 11.6 Å². The van der Waals surface area contributed by atoms with E-state index in [1.165, 1.54) is 5.56 Å². The van der Waals surface area contributed by atoms with Gasteiger partial charge in [0.2, 0.25) is 5.91 Å². The van der Waals surface area contributed by atoms with E-state index in [9.17, 15) is 9.59 Å². The first-order valence-corrected chi connectivity index (χ1v) is 9.07. The van der Waals surface area contributed by atoms with Crippen molar-refractivity contribution in [3.05, 3.63) is 34.3 Å². The molecule has 128 valence electrons. The van der Waals surface area contributed by atoms with Gasteiger partial charge in [-0.25, -0.2) is 4.79 Å². The molecule has 0 spiro atoms. The van der Waals surface area contributed by atoms with Crippen molar-refractivity contribution >= 4 is 23.5 Å². The summed E-state index contributed by atoms with van der Waals surface area (Å²) >= 11 is 6.02. The summed E-state index contributed by atoms with van der Waals surface area (Å²) in [5, 5.41) is 3.77. The van der Waals surface area contributed by atoms with E-state index in [-0.39, 0.29) is 17.9 Å². The minimum absolute atomic E-state index is 0.0343. The molecule has 24 heavy (non-hydrogen) atoms.